The maximum absolute atomic E-state index is 2.29. The predicted molar refractivity (Wildman–Crippen MR) is 108 cm³/mol. The number of nitrogens with zero attached hydrogens (tertiary/aromatic N) is 2. The van der Waals surface area contributed by atoms with Gasteiger partial charge in [-0.05, 0) is 32.9 Å². The zero-order valence-corrected chi connectivity index (χ0v) is 16.5. The third-order valence-electron chi connectivity index (χ3n) is 4.90. The highest BCUT2D eigenvalue weighted by molar-refractivity contribution is 5.40. The smallest absolute Gasteiger partial charge is 0.132 e. The largest absolute Gasteiger partial charge is 0.321 e. The Hall–Kier alpha value is -1.64. The number of rotatable bonds is 6. The van der Waals surface area contributed by atoms with E-state index in [-0.39, 0.29) is 0 Å². The quantitative estimate of drug-likeness (QED) is 0.658. The molecule has 0 aliphatic heterocycles. The molecule has 0 amide bonds. The number of para-hydroxylation sites is 1. The minimum Gasteiger partial charge on any atom is -0.321 e. The maximum atomic E-state index is 2.29. The summed E-state index contributed by atoms with van der Waals surface area (Å²) in [6.07, 6.45) is 0. The Labute approximate surface area is 149 Å². The maximum Gasteiger partial charge on any atom is 0.132 e. The minimum absolute atomic E-state index is 0.890. The minimum atomic E-state index is 0.890. The fourth-order valence-corrected chi connectivity index (χ4v) is 2.85. The lowest BCUT2D eigenvalue weighted by Gasteiger charge is -2.35. The van der Waals surface area contributed by atoms with Gasteiger partial charge in [0.15, 0.2) is 0 Å². The van der Waals surface area contributed by atoms with Crippen LogP contribution in [0.15, 0.2) is 60.7 Å². The molecule has 0 spiro atoms. The summed E-state index contributed by atoms with van der Waals surface area (Å²) in [6, 6.07) is 21.3. The Bertz CT molecular complexity index is 543. The Balaban J connectivity index is 0.000000254. The normalized spacial score (nSPS) is 11.6. The van der Waals surface area contributed by atoms with Gasteiger partial charge in [-0.15, -0.1) is 0 Å². The lowest BCUT2D eigenvalue weighted by atomic mass is 10.2. The van der Waals surface area contributed by atoms with Crippen LogP contribution >= 0.6 is 0 Å². The lowest BCUT2D eigenvalue weighted by Crippen LogP contribution is -2.46. The summed E-state index contributed by atoms with van der Waals surface area (Å²) in [4.78, 5) is 0. The molecule has 0 aromatic heterocycles. The van der Waals surface area contributed by atoms with E-state index in [4.69, 9.17) is 0 Å². The van der Waals surface area contributed by atoms with Gasteiger partial charge in [0, 0.05) is 5.56 Å². The summed E-state index contributed by atoms with van der Waals surface area (Å²) in [5.41, 5.74) is 2.79. The van der Waals surface area contributed by atoms with Crippen LogP contribution in [-0.4, -0.2) is 45.3 Å². The molecule has 24 heavy (non-hydrogen) atoms. The molecule has 2 aromatic rings. The molecular formula is C22H36N2+2. The summed E-state index contributed by atoms with van der Waals surface area (Å²) in [7, 11) is 6.49. The standard InChI is InChI=1S/C13H22N.C9H14N/c1-4-14(5-2,6-3)12-13-10-8-7-9-11-13;1-10(2,3)9-7-5-4-6-8-9/h7-11H,4-6,12H2,1-3H3;4-8H,1-3H3/q2*+1. The van der Waals surface area contributed by atoms with E-state index in [1.807, 2.05) is 6.07 Å². The van der Waals surface area contributed by atoms with Crippen molar-refractivity contribution in [3.05, 3.63) is 66.2 Å². The van der Waals surface area contributed by atoms with Crippen molar-refractivity contribution in [2.45, 2.75) is 27.3 Å². The molecule has 0 N–H and O–H groups in total. The van der Waals surface area contributed by atoms with Crippen LogP contribution < -0.4 is 4.48 Å². The van der Waals surface area contributed by atoms with E-state index in [0.29, 0.717) is 0 Å². The first-order valence-corrected chi connectivity index (χ1v) is 9.13. The van der Waals surface area contributed by atoms with Gasteiger partial charge in [-0.1, -0.05) is 48.5 Å². The van der Waals surface area contributed by atoms with Gasteiger partial charge in [0.1, 0.15) is 12.2 Å². The highest BCUT2D eigenvalue weighted by atomic mass is 15.3. The highest BCUT2D eigenvalue weighted by Crippen LogP contribution is 2.14. The molecule has 0 saturated carbocycles. The van der Waals surface area contributed by atoms with Crippen LogP contribution in [-0.2, 0) is 6.54 Å². The molecule has 2 heteroatoms. The van der Waals surface area contributed by atoms with E-state index < -0.39 is 0 Å². The van der Waals surface area contributed by atoms with Gasteiger partial charge >= 0.3 is 0 Å². The Morgan fingerprint density at radius 1 is 0.625 bits per heavy atom. The van der Waals surface area contributed by atoms with Crippen LogP contribution in [0.1, 0.15) is 26.3 Å². The molecular weight excluding hydrogens is 292 g/mol. The van der Waals surface area contributed by atoms with Gasteiger partial charge in [-0.2, -0.15) is 0 Å². The second-order valence-corrected chi connectivity index (χ2v) is 7.28. The average molecular weight is 329 g/mol. The fraction of sp³-hybridized carbons (Fsp3) is 0.455. The molecule has 2 nitrogen and oxygen atoms in total. The average Bonchev–Trinajstić information content (AvgIpc) is 2.61. The SMILES string of the molecule is CC[N+](CC)(CC)Cc1ccccc1.C[N+](C)(C)c1ccccc1. The first-order chi connectivity index (χ1) is 11.4. The van der Waals surface area contributed by atoms with Crippen molar-refractivity contribution in [3.8, 4) is 0 Å². The van der Waals surface area contributed by atoms with Crippen molar-refractivity contribution in [2.75, 3.05) is 40.8 Å². The van der Waals surface area contributed by atoms with Crippen LogP contribution in [0.2, 0.25) is 0 Å². The summed E-state index contributed by atoms with van der Waals surface area (Å²) in [6.45, 7) is 11.7. The van der Waals surface area contributed by atoms with Gasteiger partial charge in [-0.25, -0.2) is 0 Å². The van der Waals surface area contributed by atoms with E-state index in [1.54, 1.807) is 0 Å². The molecule has 0 saturated heterocycles. The van der Waals surface area contributed by atoms with Gasteiger partial charge in [0.05, 0.1) is 40.8 Å². The van der Waals surface area contributed by atoms with E-state index in [9.17, 15) is 0 Å². The van der Waals surface area contributed by atoms with E-state index in [2.05, 4.69) is 96.5 Å². The molecule has 0 aliphatic rings. The topological polar surface area (TPSA) is 0 Å². The predicted octanol–water partition coefficient (Wildman–Crippen LogP) is 4.95. The summed E-state index contributed by atoms with van der Waals surface area (Å²) in [5.74, 6) is 0. The van der Waals surface area contributed by atoms with Crippen molar-refractivity contribution >= 4 is 5.69 Å². The third-order valence-corrected chi connectivity index (χ3v) is 4.90. The van der Waals surface area contributed by atoms with Crippen LogP contribution in [0.5, 0.6) is 0 Å². The molecule has 0 atom stereocenters. The molecule has 0 bridgehead atoms. The van der Waals surface area contributed by atoms with Crippen molar-refractivity contribution in [1.29, 1.82) is 0 Å². The third kappa shape index (κ3) is 6.46. The first kappa shape index (κ1) is 20.4. The number of hydrogen-bond donors (Lipinski definition) is 0. The van der Waals surface area contributed by atoms with Crippen LogP contribution in [0, 0.1) is 0 Å². The van der Waals surface area contributed by atoms with E-state index >= 15 is 0 Å². The molecule has 0 radical (unpaired) electrons. The Morgan fingerprint density at radius 3 is 1.38 bits per heavy atom. The van der Waals surface area contributed by atoms with Gasteiger partial charge in [0.2, 0.25) is 0 Å². The van der Waals surface area contributed by atoms with Gasteiger partial charge in [0.25, 0.3) is 0 Å². The zero-order chi connectivity index (χ0) is 18.1. The Morgan fingerprint density at radius 2 is 1.04 bits per heavy atom. The van der Waals surface area contributed by atoms with Gasteiger partial charge < -0.3 is 4.48 Å². The number of benzene rings is 2. The van der Waals surface area contributed by atoms with Crippen molar-refractivity contribution in [2.24, 2.45) is 0 Å². The molecule has 0 heterocycles. The van der Waals surface area contributed by atoms with Crippen LogP contribution in [0.3, 0.4) is 0 Å². The number of hydrogen-bond acceptors (Lipinski definition) is 0. The van der Waals surface area contributed by atoms with Crippen LogP contribution in [0.4, 0.5) is 5.69 Å². The second kappa shape index (κ2) is 9.61. The van der Waals surface area contributed by atoms with Crippen LogP contribution in [0.25, 0.3) is 0 Å². The van der Waals surface area contributed by atoms with Crippen molar-refractivity contribution < 1.29 is 4.48 Å². The number of quaternary nitrogens is 2. The van der Waals surface area contributed by atoms with E-state index in [1.165, 1.54) is 41.9 Å². The molecule has 2 aromatic carbocycles. The lowest BCUT2D eigenvalue weighted by molar-refractivity contribution is -0.936. The second-order valence-electron chi connectivity index (χ2n) is 7.28. The Kier molecular flexibility index (Phi) is 8.17. The summed E-state index contributed by atoms with van der Waals surface area (Å²) < 4.78 is 2.09. The van der Waals surface area contributed by atoms with Gasteiger partial charge in [-0.3, -0.25) is 4.48 Å². The zero-order valence-electron chi connectivity index (χ0n) is 16.5. The van der Waals surface area contributed by atoms with E-state index in [0.717, 1.165) is 4.48 Å². The fourth-order valence-electron chi connectivity index (χ4n) is 2.85. The molecule has 0 aliphatic carbocycles. The van der Waals surface area contributed by atoms with Crippen molar-refractivity contribution in [3.63, 3.8) is 0 Å². The molecule has 0 unspecified atom stereocenters. The molecule has 2 rings (SSSR count). The molecule has 132 valence electrons. The highest BCUT2D eigenvalue weighted by Gasteiger charge is 2.20. The molecule has 0 fully saturated rings. The summed E-state index contributed by atoms with van der Waals surface area (Å²) in [5, 5.41) is 0. The van der Waals surface area contributed by atoms with Crippen molar-refractivity contribution in [1.82, 2.24) is 4.48 Å². The first-order valence-electron chi connectivity index (χ1n) is 9.13. The monoisotopic (exact) mass is 328 g/mol. The summed E-state index contributed by atoms with van der Waals surface area (Å²) >= 11 is 0.